The second-order valence-electron chi connectivity index (χ2n) is 3.39. The molecule has 0 aliphatic carbocycles. The zero-order valence-corrected chi connectivity index (χ0v) is 7.68. The third-order valence-corrected chi connectivity index (χ3v) is 2.42. The van der Waals surface area contributed by atoms with Crippen molar-refractivity contribution < 1.29 is 4.74 Å². The van der Waals surface area contributed by atoms with Gasteiger partial charge in [0.15, 0.2) is 0 Å². The number of hydrogen-bond acceptors (Lipinski definition) is 4. The monoisotopic (exact) mass is 181 g/mol. The lowest BCUT2D eigenvalue weighted by Gasteiger charge is -2.34. The predicted molar refractivity (Wildman–Crippen MR) is 48.1 cm³/mol. The fourth-order valence-electron chi connectivity index (χ4n) is 1.46. The van der Waals surface area contributed by atoms with Crippen LogP contribution in [0.15, 0.2) is 12.7 Å². The maximum absolute atomic E-state index is 5.30. The van der Waals surface area contributed by atoms with Crippen LogP contribution < -0.4 is 4.48 Å². The van der Waals surface area contributed by atoms with Crippen molar-refractivity contribution in [3.8, 4) is 0 Å². The molecule has 5 heteroatoms. The van der Waals surface area contributed by atoms with Crippen molar-refractivity contribution in [1.29, 1.82) is 0 Å². The number of likely N-dealkylation sites (N-methyl/N-ethyl adjacent to an activating group) is 1. The summed E-state index contributed by atoms with van der Waals surface area (Å²) in [5.41, 5.74) is 0. The van der Waals surface area contributed by atoms with E-state index in [2.05, 4.69) is 22.0 Å². The minimum absolute atomic E-state index is 0.752. The molecule has 0 atom stereocenters. The summed E-state index contributed by atoms with van der Waals surface area (Å²) in [5.74, 6) is 0.832. The third-order valence-electron chi connectivity index (χ3n) is 2.42. The van der Waals surface area contributed by atoms with Gasteiger partial charge >= 0.3 is 5.95 Å². The number of nitrogens with zero attached hydrogens (tertiary/aromatic N) is 4. The highest BCUT2D eigenvalue weighted by atomic mass is 16.5. The van der Waals surface area contributed by atoms with Gasteiger partial charge in [0.05, 0.1) is 20.3 Å². The molecule has 1 aromatic heterocycles. The smallest absolute Gasteiger partial charge is 0.331 e. The summed E-state index contributed by atoms with van der Waals surface area (Å²) in [5, 5.41) is 0. The van der Waals surface area contributed by atoms with Gasteiger partial charge in [-0.25, -0.2) is 4.98 Å². The van der Waals surface area contributed by atoms with Crippen LogP contribution in [0.5, 0.6) is 0 Å². The number of morpholine rings is 1. The van der Waals surface area contributed by atoms with Crippen molar-refractivity contribution in [2.24, 2.45) is 0 Å². The highest BCUT2D eigenvalue weighted by molar-refractivity contribution is 5.21. The van der Waals surface area contributed by atoms with Gasteiger partial charge in [0.1, 0.15) is 25.7 Å². The summed E-state index contributed by atoms with van der Waals surface area (Å²) in [6.07, 6.45) is 3.09. The van der Waals surface area contributed by atoms with Crippen molar-refractivity contribution in [3.63, 3.8) is 0 Å². The van der Waals surface area contributed by atoms with E-state index in [1.165, 1.54) is 0 Å². The minimum atomic E-state index is 0.752. The van der Waals surface area contributed by atoms with Gasteiger partial charge in [0.25, 0.3) is 0 Å². The van der Waals surface area contributed by atoms with Crippen LogP contribution in [0.4, 0.5) is 5.95 Å². The van der Waals surface area contributed by atoms with Crippen LogP contribution in [-0.2, 0) is 4.74 Å². The van der Waals surface area contributed by atoms with E-state index in [9.17, 15) is 0 Å². The van der Waals surface area contributed by atoms with Gasteiger partial charge in [-0.3, -0.25) is 4.48 Å². The molecule has 5 nitrogen and oxygen atoms in total. The summed E-state index contributed by atoms with van der Waals surface area (Å²) >= 11 is 0. The fourth-order valence-corrected chi connectivity index (χ4v) is 1.46. The molecule has 1 aromatic rings. The van der Waals surface area contributed by atoms with Crippen LogP contribution in [0.1, 0.15) is 0 Å². The molecule has 1 aliphatic rings. The lowest BCUT2D eigenvalue weighted by Crippen LogP contribution is -2.54. The molecule has 0 aromatic carbocycles. The first-order valence-electron chi connectivity index (χ1n) is 4.36. The molecule has 0 saturated carbocycles. The summed E-state index contributed by atoms with van der Waals surface area (Å²) in [4.78, 5) is 12.1. The second-order valence-corrected chi connectivity index (χ2v) is 3.39. The zero-order chi connectivity index (χ0) is 9.15. The maximum Gasteiger partial charge on any atom is 0.331 e. The van der Waals surface area contributed by atoms with Gasteiger partial charge in [-0.2, -0.15) is 9.97 Å². The zero-order valence-electron chi connectivity index (χ0n) is 7.68. The van der Waals surface area contributed by atoms with Crippen LogP contribution in [0.25, 0.3) is 0 Å². The Balaban J connectivity index is 2.23. The minimum Gasteiger partial charge on any atom is -0.370 e. The van der Waals surface area contributed by atoms with Gasteiger partial charge in [-0.15, -0.1) is 0 Å². The van der Waals surface area contributed by atoms with E-state index < -0.39 is 0 Å². The van der Waals surface area contributed by atoms with Crippen molar-refractivity contribution in [2.45, 2.75) is 0 Å². The van der Waals surface area contributed by atoms with E-state index >= 15 is 0 Å². The molecular formula is C8H13N4O+. The predicted octanol–water partition coefficient (Wildman–Crippen LogP) is -0.161. The molecule has 2 heterocycles. The molecule has 70 valence electrons. The molecule has 0 amide bonds. The second kappa shape index (κ2) is 3.35. The highest BCUT2D eigenvalue weighted by Gasteiger charge is 2.30. The van der Waals surface area contributed by atoms with Crippen molar-refractivity contribution in [1.82, 2.24) is 19.4 Å². The normalized spacial score (nSPS) is 21.3. The maximum atomic E-state index is 5.30. The van der Waals surface area contributed by atoms with Crippen LogP contribution in [0, 0.1) is 0 Å². The molecule has 0 unspecified atom stereocenters. The topological polar surface area (TPSA) is 47.9 Å². The van der Waals surface area contributed by atoms with E-state index in [1.54, 1.807) is 12.7 Å². The highest BCUT2D eigenvalue weighted by Crippen LogP contribution is 2.15. The Kier molecular flexibility index (Phi) is 2.20. The van der Waals surface area contributed by atoms with E-state index in [1.807, 2.05) is 0 Å². The summed E-state index contributed by atoms with van der Waals surface area (Å²) < 4.78 is 6.05. The Labute approximate surface area is 77.0 Å². The average Bonchev–Trinajstić information content (AvgIpc) is 2.20. The third kappa shape index (κ3) is 1.66. The molecule has 1 fully saturated rings. The molecule has 0 radical (unpaired) electrons. The van der Waals surface area contributed by atoms with Crippen LogP contribution in [0.2, 0.25) is 0 Å². The van der Waals surface area contributed by atoms with E-state index in [0.29, 0.717) is 0 Å². The van der Waals surface area contributed by atoms with Gasteiger partial charge in [0, 0.05) is 0 Å². The van der Waals surface area contributed by atoms with E-state index in [-0.39, 0.29) is 0 Å². The fraction of sp³-hybridized carbons (Fsp3) is 0.625. The molecule has 0 N–H and O–H groups in total. The quantitative estimate of drug-likeness (QED) is 0.565. The van der Waals surface area contributed by atoms with Crippen LogP contribution >= 0.6 is 0 Å². The number of rotatable bonds is 1. The molecule has 0 spiro atoms. The first kappa shape index (κ1) is 8.52. The largest absolute Gasteiger partial charge is 0.370 e. The molecule has 0 bridgehead atoms. The lowest BCUT2D eigenvalue weighted by molar-refractivity contribution is 0.0495. The van der Waals surface area contributed by atoms with Crippen LogP contribution in [-0.4, -0.2) is 48.3 Å². The first-order chi connectivity index (χ1) is 6.31. The van der Waals surface area contributed by atoms with E-state index in [4.69, 9.17) is 4.74 Å². The Morgan fingerprint density at radius 2 is 1.85 bits per heavy atom. The number of aromatic nitrogens is 3. The summed E-state index contributed by atoms with van der Waals surface area (Å²) in [7, 11) is 2.12. The lowest BCUT2D eigenvalue weighted by atomic mass is 10.4. The Morgan fingerprint density at radius 3 is 2.46 bits per heavy atom. The molecule has 13 heavy (non-hydrogen) atoms. The molecule has 2 rings (SSSR count). The standard InChI is InChI=1S/C8H13N4O/c1-12(2-4-13-5-3-12)8-10-6-9-7-11-8/h6-7H,2-5H2,1H3/q+1. The summed E-state index contributed by atoms with van der Waals surface area (Å²) in [6, 6.07) is 0. The van der Waals surface area contributed by atoms with Gasteiger partial charge < -0.3 is 4.74 Å². The van der Waals surface area contributed by atoms with Crippen LogP contribution in [0.3, 0.4) is 0 Å². The molecule has 1 aliphatic heterocycles. The van der Waals surface area contributed by atoms with Gasteiger partial charge in [0.2, 0.25) is 0 Å². The van der Waals surface area contributed by atoms with Crippen molar-refractivity contribution in [2.75, 3.05) is 33.4 Å². The Hall–Kier alpha value is -1.07. The van der Waals surface area contributed by atoms with Gasteiger partial charge in [-0.1, -0.05) is 0 Å². The first-order valence-corrected chi connectivity index (χ1v) is 4.36. The van der Waals surface area contributed by atoms with Crippen molar-refractivity contribution >= 4 is 5.95 Å². The molecular weight excluding hydrogens is 168 g/mol. The molecule has 1 saturated heterocycles. The van der Waals surface area contributed by atoms with Crippen molar-refractivity contribution in [3.05, 3.63) is 12.7 Å². The summed E-state index contributed by atoms with van der Waals surface area (Å²) in [6.45, 7) is 3.43. The van der Waals surface area contributed by atoms with E-state index in [0.717, 1.165) is 36.7 Å². The Morgan fingerprint density at radius 1 is 1.23 bits per heavy atom. The number of quaternary nitrogens is 1. The SMILES string of the molecule is C[N+]1(c2ncncn2)CCOCC1. The van der Waals surface area contributed by atoms with Gasteiger partial charge in [-0.05, 0) is 0 Å². The number of ether oxygens (including phenoxy) is 1. The Bertz CT molecular complexity index is 271. The number of hydrogen-bond donors (Lipinski definition) is 0. The average molecular weight is 181 g/mol.